The number of benzene rings is 3. The van der Waals surface area contributed by atoms with Crippen molar-refractivity contribution >= 4 is 56.1 Å². The minimum Gasteiger partial charge on any atom is -0.387 e. The highest BCUT2D eigenvalue weighted by Crippen LogP contribution is 2.36. The molecule has 0 bridgehead atoms. The number of hydrogen-bond donors (Lipinski definition) is 3. The van der Waals surface area contributed by atoms with Crippen LogP contribution >= 0.6 is 0 Å². The molecule has 0 aliphatic heterocycles. The monoisotopic (exact) mass is 401 g/mol. The smallest absolute Gasteiger partial charge is 0.250 e. The van der Waals surface area contributed by atoms with Crippen LogP contribution in [0, 0.1) is 9.81 Å². The number of aliphatic hydroxyl groups excluding tert-OH is 1. The molecule has 0 aliphatic carbocycles. The fourth-order valence-electron chi connectivity index (χ4n) is 3.15. The van der Waals surface area contributed by atoms with Gasteiger partial charge in [-0.15, -0.1) is 9.81 Å². The minimum atomic E-state index is -0.593. The van der Waals surface area contributed by atoms with Gasteiger partial charge < -0.3 is 15.7 Å². The summed E-state index contributed by atoms with van der Waals surface area (Å²) < 4.78 is 0. The number of aliphatic hydroxyl groups is 1. The summed E-state index contributed by atoms with van der Waals surface area (Å²) in [7, 11) is 0. The second-order valence-corrected chi connectivity index (χ2v) is 6.48. The van der Waals surface area contributed by atoms with E-state index in [1.165, 1.54) is 0 Å². The topological polar surface area (TPSA) is 133 Å². The first-order chi connectivity index (χ1) is 14.6. The summed E-state index contributed by atoms with van der Waals surface area (Å²) in [5.41, 5.74) is 3.59. The van der Waals surface area contributed by atoms with Crippen LogP contribution < -0.4 is 10.6 Å². The van der Waals surface area contributed by atoms with Crippen LogP contribution in [0.1, 0.15) is 0 Å². The van der Waals surface area contributed by atoms with Gasteiger partial charge in [0.1, 0.15) is 18.0 Å². The number of anilines is 3. The van der Waals surface area contributed by atoms with Gasteiger partial charge in [-0.25, -0.2) is 4.98 Å². The van der Waals surface area contributed by atoms with Crippen LogP contribution in [-0.4, -0.2) is 22.6 Å². The molecule has 3 aromatic carbocycles. The lowest BCUT2D eigenvalue weighted by Crippen LogP contribution is -2.15. The van der Waals surface area contributed by atoms with Crippen molar-refractivity contribution in [2.75, 3.05) is 17.2 Å². The van der Waals surface area contributed by atoms with Crippen molar-refractivity contribution in [1.82, 2.24) is 4.98 Å². The molecule has 0 unspecified atom stereocenters. The Hall–Kier alpha value is -4.24. The van der Waals surface area contributed by atoms with E-state index in [9.17, 15) is 14.6 Å². The number of amides is 1. The summed E-state index contributed by atoms with van der Waals surface area (Å²) in [5, 5.41) is 22.2. The fraction of sp³-hybridized carbons (Fsp3) is 0.0476. The van der Waals surface area contributed by atoms with Crippen molar-refractivity contribution in [1.29, 1.82) is 0 Å². The average Bonchev–Trinajstić information content (AvgIpc) is 2.79. The number of aromatic nitrogens is 1. The Bertz CT molecular complexity index is 1220. The molecule has 9 heteroatoms. The summed E-state index contributed by atoms with van der Waals surface area (Å²) in [5.74, 6) is -0.499. The zero-order valence-corrected chi connectivity index (χ0v) is 15.5. The third-order valence-corrected chi connectivity index (χ3v) is 4.53. The van der Waals surface area contributed by atoms with Crippen molar-refractivity contribution in [3.63, 3.8) is 0 Å². The van der Waals surface area contributed by atoms with E-state index in [0.717, 1.165) is 22.1 Å². The predicted molar refractivity (Wildman–Crippen MR) is 116 cm³/mol. The summed E-state index contributed by atoms with van der Waals surface area (Å²) in [6.07, 6.45) is 0. The molecule has 1 heterocycles. The van der Waals surface area contributed by atoms with Gasteiger partial charge >= 0.3 is 0 Å². The zero-order chi connectivity index (χ0) is 21.1. The minimum absolute atomic E-state index is 0.244. The molecule has 0 saturated heterocycles. The van der Waals surface area contributed by atoms with Gasteiger partial charge in [-0.1, -0.05) is 0 Å². The van der Waals surface area contributed by atoms with Gasteiger partial charge in [0.05, 0.1) is 16.7 Å². The van der Waals surface area contributed by atoms with Crippen molar-refractivity contribution in [3.8, 4) is 0 Å². The van der Waals surface area contributed by atoms with Gasteiger partial charge in [0.15, 0.2) is 0 Å². The van der Waals surface area contributed by atoms with Crippen LogP contribution in [0.2, 0.25) is 0 Å². The first-order valence-electron chi connectivity index (χ1n) is 8.93. The summed E-state index contributed by atoms with van der Waals surface area (Å²) in [6, 6.07) is 16.8. The SMILES string of the molecule is O=Nc1ccc2c(Nc3ccc(NC(=O)CO)cc3)c3ccc(N=O)cc3nc2c1. The number of fused-ring (bicyclic) bond motifs is 2. The Labute approximate surface area is 169 Å². The third-order valence-electron chi connectivity index (χ3n) is 4.53. The lowest BCUT2D eigenvalue weighted by atomic mass is 10.1. The Morgan fingerprint density at radius 2 is 1.37 bits per heavy atom. The van der Waals surface area contributed by atoms with Crippen LogP contribution in [-0.2, 0) is 4.79 Å². The molecular formula is C21H15N5O4. The number of pyridine rings is 1. The van der Waals surface area contributed by atoms with Crippen LogP contribution in [0.5, 0.6) is 0 Å². The number of rotatable bonds is 6. The highest BCUT2D eigenvalue weighted by Gasteiger charge is 2.12. The fourth-order valence-corrected chi connectivity index (χ4v) is 3.15. The molecule has 0 spiro atoms. The molecule has 0 aliphatic rings. The van der Waals surface area contributed by atoms with Crippen LogP contribution in [0.3, 0.4) is 0 Å². The van der Waals surface area contributed by atoms with E-state index in [1.54, 1.807) is 60.7 Å². The average molecular weight is 401 g/mol. The van der Waals surface area contributed by atoms with E-state index in [2.05, 4.69) is 26.0 Å². The van der Waals surface area contributed by atoms with Gasteiger partial charge in [-0.3, -0.25) is 4.79 Å². The molecule has 1 aromatic heterocycles. The highest BCUT2D eigenvalue weighted by atomic mass is 16.3. The molecule has 0 saturated carbocycles. The van der Waals surface area contributed by atoms with Crippen molar-refractivity contribution in [3.05, 3.63) is 70.5 Å². The highest BCUT2D eigenvalue weighted by molar-refractivity contribution is 6.09. The molecule has 1 amide bonds. The van der Waals surface area contributed by atoms with Crippen molar-refractivity contribution < 1.29 is 9.90 Å². The summed E-state index contributed by atoms with van der Waals surface area (Å²) in [6.45, 7) is -0.593. The quantitative estimate of drug-likeness (QED) is 0.312. The Morgan fingerprint density at radius 1 is 0.833 bits per heavy atom. The zero-order valence-electron chi connectivity index (χ0n) is 15.5. The predicted octanol–water partition coefficient (Wildman–Crippen LogP) is 4.86. The van der Waals surface area contributed by atoms with Gasteiger partial charge in [-0.05, 0) is 71.0 Å². The summed E-state index contributed by atoms with van der Waals surface area (Å²) >= 11 is 0. The molecule has 148 valence electrons. The number of hydrogen-bond acceptors (Lipinski definition) is 8. The molecule has 4 rings (SSSR count). The maximum atomic E-state index is 11.3. The standard InChI is InChI=1S/C21H15N5O4/c27-11-20(28)22-12-1-3-13(4-2-12)23-21-16-7-5-14(25-29)9-18(16)24-19-10-15(26-30)6-8-17(19)21/h1-10,27H,11H2,(H,22,28)(H,23,24). The number of nitroso groups, excluding NO2 is 2. The Balaban J connectivity index is 1.82. The van der Waals surface area contributed by atoms with E-state index in [1.807, 2.05) is 0 Å². The van der Waals surface area contributed by atoms with E-state index in [0.29, 0.717) is 16.7 Å². The Morgan fingerprint density at radius 3 is 1.87 bits per heavy atom. The molecule has 0 fully saturated rings. The van der Waals surface area contributed by atoms with E-state index >= 15 is 0 Å². The number of nitrogens with one attached hydrogen (secondary N) is 2. The number of carbonyl (C=O) groups excluding carboxylic acids is 1. The molecule has 0 radical (unpaired) electrons. The van der Waals surface area contributed by atoms with Crippen LogP contribution in [0.4, 0.5) is 28.4 Å². The lowest BCUT2D eigenvalue weighted by molar-refractivity contribution is -0.118. The largest absolute Gasteiger partial charge is 0.387 e. The van der Waals surface area contributed by atoms with Crippen LogP contribution in [0.15, 0.2) is 71.0 Å². The van der Waals surface area contributed by atoms with Gasteiger partial charge in [0.25, 0.3) is 0 Å². The van der Waals surface area contributed by atoms with Crippen molar-refractivity contribution in [2.45, 2.75) is 0 Å². The molecule has 9 nitrogen and oxygen atoms in total. The van der Waals surface area contributed by atoms with E-state index in [-0.39, 0.29) is 11.4 Å². The van der Waals surface area contributed by atoms with Gasteiger partial charge in [0, 0.05) is 22.1 Å². The maximum absolute atomic E-state index is 11.3. The maximum Gasteiger partial charge on any atom is 0.250 e. The van der Waals surface area contributed by atoms with E-state index < -0.39 is 12.5 Å². The number of nitrogens with zero attached hydrogens (tertiary/aromatic N) is 3. The number of carbonyl (C=O) groups is 1. The first-order valence-corrected chi connectivity index (χ1v) is 8.93. The second kappa shape index (κ2) is 8.02. The second-order valence-electron chi connectivity index (χ2n) is 6.48. The molecule has 30 heavy (non-hydrogen) atoms. The Kier molecular flexibility index (Phi) is 5.10. The molecule has 0 atom stereocenters. The normalized spacial score (nSPS) is 10.7. The van der Waals surface area contributed by atoms with Gasteiger partial charge in [-0.2, -0.15) is 0 Å². The van der Waals surface area contributed by atoms with Crippen LogP contribution in [0.25, 0.3) is 21.8 Å². The molecule has 3 N–H and O–H groups in total. The lowest BCUT2D eigenvalue weighted by Gasteiger charge is -2.14. The third kappa shape index (κ3) is 3.69. The van der Waals surface area contributed by atoms with Crippen molar-refractivity contribution in [2.24, 2.45) is 10.4 Å². The van der Waals surface area contributed by atoms with Gasteiger partial charge in [0.2, 0.25) is 5.91 Å². The van der Waals surface area contributed by atoms with E-state index in [4.69, 9.17) is 5.11 Å². The molecule has 4 aromatic rings. The first kappa shape index (κ1) is 19.1. The molecular weight excluding hydrogens is 386 g/mol. The summed E-state index contributed by atoms with van der Waals surface area (Å²) in [4.78, 5) is 37.7.